The maximum absolute atomic E-state index is 12.4. The molecule has 2 aromatic rings. The van der Waals surface area contributed by atoms with Crippen molar-refractivity contribution in [1.82, 2.24) is 10.0 Å². The number of amides is 1. The fourth-order valence-corrected chi connectivity index (χ4v) is 3.55. The van der Waals surface area contributed by atoms with E-state index in [2.05, 4.69) is 10.0 Å². The summed E-state index contributed by atoms with van der Waals surface area (Å²) < 4.78 is 32.4. The Morgan fingerprint density at radius 1 is 1.12 bits per heavy atom. The first-order valence-electron chi connectivity index (χ1n) is 8.33. The van der Waals surface area contributed by atoms with Crippen LogP contribution in [0.3, 0.4) is 0 Å². The molecule has 1 amide bonds. The van der Waals surface area contributed by atoms with Crippen molar-refractivity contribution in [3.63, 3.8) is 0 Å². The smallest absolute Gasteiger partial charge is 0.251 e. The number of benzene rings is 2. The van der Waals surface area contributed by atoms with Crippen molar-refractivity contribution in [1.29, 1.82) is 0 Å². The van der Waals surface area contributed by atoms with E-state index in [0.29, 0.717) is 12.3 Å². The van der Waals surface area contributed by atoms with Gasteiger partial charge in [-0.1, -0.05) is 38.1 Å². The Morgan fingerprint density at radius 2 is 1.85 bits per heavy atom. The minimum Gasteiger partial charge on any atom is -0.496 e. The molecule has 0 aliphatic heterocycles. The van der Waals surface area contributed by atoms with Gasteiger partial charge >= 0.3 is 0 Å². The number of ether oxygens (including phenoxy) is 1. The first-order chi connectivity index (χ1) is 12.3. The van der Waals surface area contributed by atoms with Crippen LogP contribution in [-0.2, 0) is 16.6 Å². The van der Waals surface area contributed by atoms with Crippen molar-refractivity contribution < 1.29 is 17.9 Å². The highest BCUT2D eigenvalue weighted by Crippen LogP contribution is 2.17. The summed E-state index contributed by atoms with van der Waals surface area (Å²) in [6.45, 7) is 4.46. The van der Waals surface area contributed by atoms with Crippen molar-refractivity contribution in [3.8, 4) is 5.75 Å². The molecule has 26 heavy (non-hydrogen) atoms. The molecular formula is C19H24N2O4S. The third-order valence-electron chi connectivity index (χ3n) is 3.72. The lowest BCUT2D eigenvalue weighted by molar-refractivity contribution is 0.0950. The molecular weight excluding hydrogens is 352 g/mol. The maximum atomic E-state index is 12.4. The minimum atomic E-state index is -3.64. The average Bonchev–Trinajstić information content (AvgIpc) is 2.65. The molecule has 0 fully saturated rings. The summed E-state index contributed by atoms with van der Waals surface area (Å²) in [5, 5.41) is 2.78. The van der Waals surface area contributed by atoms with Gasteiger partial charge in [0, 0.05) is 24.2 Å². The second kappa shape index (κ2) is 8.82. The van der Waals surface area contributed by atoms with E-state index in [9.17, 15) is 13.2 Å². The Bertz CT molecular complexity index is 863. The van der Waals surface area contributed by atoms with Crippen LogP contribution in [0.4, 0.5) is 0 Å². The lowest BCUT2D eigenvalue weighted by Gasteiger charge is -2.11. The molecule has 0 heterocycles. The van der Waals surface area contributed by atoms with Crippen molar-refractivity contribution in [2.24, 2.45) is 5.92 Å². The quantitative estimate of drug-likeness (QED) is 0.742. The monoisotopic (exact) mass is 376 g/mol. The van der Waals surface area contributed by atoms with Gasteiger partial charge in [0.15, 0.2) is 0 Å². The number of hydrogen-bond donors (Lipinski definition) is 2. The number of hydrogen-bond acceptors (Lipinski definition) is 4. The van der Waals surface area contributed by atoms with E-state index in [1.807, 2.05) is 38.1 Å². The van der Waals surface area contributed by atoms with Gasteiger partial charge < -0.3 is 10.1 Å². The minimum absolute atomic E-state index is 0.0723. The number of carbonyl (C=O) groups is 1. The van der Waals surface area contributed by atoms with Crippen LogP contribution in [0, 0.1) is 5.92 Å². The summed E-state index contributed by atoms with van der Waals surface area (Å²) in [5.74, 6) is 0.524. The highest BCUT2D eigenvalue weighted by atomic mass is 32.2. The Kier molecular flexibility index (Phi) is 6.76. The molecule has 0 saturated heterocycles. The third-order valence-corrected chi connectivity index (χ3v) is 5.14. The van der Waals surface area contributed by atoms with Gasteiger partial charge in [-0.05, 0) is 30.2 Å². The molecule has 2 aromatic carbocycles. The van der Waals surface area contributed by atoms with Crippen LogP contribution in [0.1, 0.15) is 29.8 Å². The van der Waals surface area contributed by atoms with Gasteiger partial charge in [-0.25, -0.2) is 13.1 Å². The van der Waals surface area contributed by atoms with Crippen LogP contribution < -0.4 is 14.8 Å². The Balaban J connectivity index is 2.10. The first-order valence-corrected chi connectivity index (χ1v) is 9.81. The van der Waals surface area contributed by atoms with Crippen molar-refractivity contribution in [3.05, 3.63) is 59.7 Å². The average molecular weight is 376 g/mol. The predicted octanol–water partition coefficient (Wildman–Crippen LogP) is 2.56. The maximum Gasteiger partial charge on any atom is 0.251 e. The van der Waals surface area contributed by atoms with Gasteiger partial charge in [0.1, 0.15) is 5.75 Å². The molecule has 0 atom stereocenters. The predicted molar refractivity (Wildman–Crippen MR) is 101 cm³/mol. The molecule has 0 unspecified atom stereocenters. The molecule has 7 heteroatoms. The SMILES string of the molecule is COc1ccccc1CNC(=O)c1cccc(S(=O)(=O)NCC(C)C)c1. The molecule has 0 bridgehead atoms. The Labute approximate surface area is 154 Å². The first kappa shape index (κ1) is 19.9. The molecule has 0 aliphatic carbocycles. The topological polar surface area (TPSA) is 84.5 Å². The summed E-state index contributed by atoms with van der Waals surface area (Å²) in [4.78, 5) is 12.5. The van der Waals surface area contributed by atoms with Gasteiger partial charge in [-0.3, -0.25) is 4.79 Å². The van der Waals surface area contributed by atoms with Crippen LogP contribution in [-0.4, -0.2) is 28.0 Å². The molecule has 6 nitrogen and oxygen atoms in total. The number of methoxy groups -OCH3 is 1. The van der Waals surface area contributed by atoms with Gasteiger partial charge in [-0.2, -0.15) is 0 Å². The van der Waals surface area contributed by atoms with E-state index in [0.717, 1.165) is 5.56 Å². The highest BCUT2D eigenvalue weighted by Gasteiger charge is 2.16. The summed E-state index contributed by atoms with van der Waals surface area (Å²) in [6.07, 6.45) is 0. The van der Waals surface area contributed by atoms with Gasteiger partial charge in [0.2, 0.25) is 10.0 Å². The second-order valence-electron chi connectivity index (χ2n) is 6.27. The largest absolute Gasteiger partial charge is 0.496 e. The molecule has 0 saturated carbocycles. The summed E-state index contributed by atoms with van der Waals surface area (Å²) in [7, 11) is -2.07. The van der Waals surface area contributed by atoms with Crippen molar-refractivity contribution >= 4 is 15.9 Å². The lowest BCUT2D eigenvalue weighted by Crippen LogP contribution is -2.28. The molecule has 0 radical (unpaired) electrons. The number of nitrogens with one attached hydrogen (secondary N) is 2. The van der Waals surface area contributed by atoms with Crippen LogP contribution >= 0.6 is 0 Å². The van der Waals surface area contributed by atoms with Crippen LogP contribution in [0.5, 0.6) is 5.75 Å². The fourth-order valence-electron chi connectivity index (χ4n) is 2.29. The summed E-state index contributed by atoms with van der Waals surface area (Å²) in [6, 6.07) is 13.4. The summed E-state index contributed by atoms with van der Waals surface area (Å²) >= 11 is 0. The van der Waals surface area contributed by atoms with E-state index in [4.69, 9.17) is 4.74 Å². The zero-order valence-corrected chi connectivity index (χ0v) is 16.0. The number of para-hydroxylation sites is 1. The Morgan fingerprint density at radius 3 is 2.54 bits per heavy atom. The molecule has 140 valence electrons. The van der Waals surface area contributed by atoms with Gasteiger partial charge in [0.25, 0.3) is 5.91 Å². The van der Waals surface area contributed by atoms with E-state index in [1.54, 1.807) is 19.2 Å². The van der Waals surface area contributed by atoms with Crippen LogP contribution in [0.2, 0.25) is 0 Å². The fraction of sp³-hybridized carbons (Fsp3) is 0.316. The normalized spacial score (nSPS) is 11.4. The van der Waals surface area contributed by atoms with E-state index in [-0.39, 0.29) is 28.8 Å². The molecule has 0 aliphatic rings. The zero-order chi connectivity index (χ0) is 19.2. The number of carbonyl (C=O) groups excluding carboxylic acids is 1. The third kappa shape index (κ3) is 5.31. The highest BCUT2D eigenvalue weighted by molar-refractivity contribution is 7.89. The second-order valence-corrected chi connectivity index (χ2v) is 8.04. The van der Waals surface area contributed by atoms with Gasteiger partial charge in [-0.15, -0.1) is 0 Å². The number of sulfonamides is 1. The zero-order valence-electron chi connectivity index (χ0n) is 15.2. The summed E-state index contributed by atoms with van der Waals surface area (Å²) in [5.41, 5.74) is 1.12. The number of rotatable bonds is 8. The van der Waals surface area contributed by atoms with E-state index >= 15 is 0 Å². The molecule has 2 N–H and O–H groups in total. The molecule has 0 spiro atoms. The lowest BCUT2D eigenvalue weighted by atomic mass is 10.2. The molecule has 2 rings (SSSR count). The standard InChI is InChI=1S/C19H24N2O4S/c1-14(2)12-21-26(23,24)17-9-6-8-15(11-17)19(22)20-13-16-7-4-5-10-18(16)25-3/h4-11,14,21H,12-13H2,1-3H3,(H,20,22). The van der Waals surface area contributed by atoms with E-state index in [1.165, 1.54) is 12.1 Å². The van der Waals surface area contributed by atoms with Crippen LogP contribution in [0.15, 0.2) is 53.4 Å². The van der Waals surface area contributed by atoms with Crippen LogP contribution in [0.25, 0.3) is 0 Å². The Hall–Kier alpha value is -2.38. The van der Waals surface area contributed by atoms with Gasteiger partial charge in [0.05, 0.1) is 12.0 Å². The van der Waals surface area contributed by atoms with Crippen molar-refractivity contribution in [2.45, 2.75) is 25.3 Å². The molecule has 0 aromatic heterocycles. The van der Waals surface area contributed by atoms with Crippen molar-refractivity contribution in [2.75, 3.05) is 13.7 Å². The van der Waals surface area contributed by atoms with E-state index < -0.39 is 10.0 Å².